The van der Waals surface area contributed by atoms with Gasteiger partial charge in [-0.25, -0.2) is 0 Å². The molecule has 0 atom stereocenters. The van der Waals surface area contributed by atoms with Gasteiger partial charge in [0.25, 0.3) is 0 Å². The van der Waals surface area contributed by atoms with Crippen LogP contribution in [-0.4, -0.2) is 41.6 Å². The van der Waals surface area contributed by atoms with Gasteiger partial charge in [-0.1, -0.05) is 6.07 Å². The Morgan fingerprint density at radius 1 is 1.09 bits per heavy atom. The Morgan fingerprint density at radius 3 is 2.46 bits per heavy atom. The molecule has 4 aromatic rings. The lowest BCUT2D eigenvalue weighted by atomic mass is 9.97. The summed E-state index contributed by atoms with van der Waals surface area (Å²) in [5.41, 5.74) is 12.8. The lowest BCUT2D eigenvalue weighted by Crippen LogP contribution is -2.18. The van der Waals surface area contributed by atoms with Gasteiger partial charge in [0.05, 0.1) is 31.6 Å². The number of carboxylic acid groups (broad SMARTS) is 1. The number of rotatable bonds is 8. The van der Waals surface area contributed by atoms with Crippen LogP contribution in [0.5, 0.6) is 17.2 Å². The van der Waals surface area contributed by atoms with Crippen LogP contribution in [-0.2, 0) is 24.1 Å². The van der Waals surface area contributed by atoms with E-state index in [1.165, 1.54) is 0 Å². The zero-order valence-corrected chi connectivity index (χ0v) is 19.6. The lowest BCUT2D eigenvalue weighted by molar-refractivity contribution is -0.136. The molecule has 0 aliphatic heterocycles. The van der Waals surface area contributed by atoms with Crippen molar-refractivity contribution in [2.24, 2.45) is 0 Å². The smallest absolute Gasteiger partial charge is 0.303 e. The van der Waals surface area contributed by atoms with E-state index in [0.717, 1.165) is 51.6 Å². The van der Waals surface area contributed by atoms with Gasteiger partial charge in [-0.05, 0) is 65.1 Å². The van der Waals surface area contributed by atoms with Crippen LogP contribution in [0.4, 0.5) is 5.69 Å². The highest BCUT2D eigenvalue weighted by Crippen LogP contribution is 2.41. The summed E-state index contributed by atoms with van der Waals surface area (Å²) in [5, 5.41) is 17.2. The number of aromatic nitrogens is 2. The van der Waals surface area contributed by atoms with Crippen molar-refractivity contribution in [2.45, 2.75) is 31.8 Å². The summed E-state index contributed by atoms with van der Waals surface area (Å²) in [6.07, 6.45) is 3.51. The molecule has 180 valence electrons. The molecular formula is C27H27N3O5. The first-order valence-electron chi connectivity index (χ1n) is 11.4. The quantitative estimate of drug-likeness (QED) is 0.325. The van der Waals surface area contributed by atoms with E-state index in [9.17, 15) is 4.79 Å². The van der Waals surface area contributed by atoms with Crippen molar-refractivity contribution >= 4 is 22.6 Å². The predicted molar refractivity (Wildman–Crippen MR) is 133 cm³/mol. The molecule has 8 nitrogen and oxygen atoms in total. The molecule has 0 spiro atoms. The van der Waals surface area contributed by atoms with E-state index in [0.29, 0.717) is 29.4 Å². The Kier molecular flexibility index (Phi) is 5.94. The molecule has 3 aromatic carbocycles. The molecule has 8 heteroatoms. The zero-order chi connectivity index (χ0) is 24.5. The highest BCUT2D eigenvalue weighted by atomic mass is 16.5. The Morgan fingerprint density at radius 2 is 1.80 bits per heavy atom. The van der Waals surface area contributed by atoms with Crippen LogP contribution < -0.4 is 19.9 Å². The van der Waals surface area contributed by atoms with E-state index in [1.54, 1.807) is 20.4 Å². The number of H-pyrrole nitrogens is 1. The molecule has 4 N–H and O–H groups in total. The minimum Gasteiger partial charge on any atom is -0.493 e. The second kappa shape index (κ2) is 9.21. The van der Waals surface area contributed by atoms with Crippen LogP contribution >= 0.6 is 0 Å². The summed E-state index contributed by atoms with van der Waals surface area (Å²) < 4.78 is 17.5. The minimum atomic E-state index is -0.847. The van der Waals surface area contributed by atoms with E-state index in [-0.39, 0.29) is 12.5 Å². The van der Waals surface area contributed by atoms with Crippen molar-refractivity contribution in [3.63, 3.8) is 0 Å². The molecule has 0 bridgehead atoms. The summed E-state index contributed by atoms with van der Waals surface area (Å²) in [7, 11) is 3.26. The Balaban J connectivity index is 1.50. The molecule has 0 radical (unpaired) electrons. The number of ether oxygens (including phenoxy) is 3. The monoisotopic (exact) mass is 473 g/mol. The number of aryl methyl sites for hydroxylation is 1. The number of nitrogen functional groups attached to an aromatic ring is 1. The van der Waals surface area contributed by atoms with Crippen LogP contribution in [0.2, 0.25) is 0 Å². The fraction of sp³-hybridized carbons (Fsp3) is 0.259. The van der Waals surface area contributed by atoms with Crippen molar-refractivity contribution in [3.8, 4) is 28.4 Å². The summed E-state index contributed by atoms with van der Waals surface area (Å²) in [5.74, 6) is 1.15. The SMILES string of the molecule is COc1cc2c(cc1OC)CC(Oc1c(N)cc(CCC(=O)O)cc1-c1ccc3[nH]ncc3c1)C2. The van der Waals surface area contributed by atoms with Crippen molar-refractivity contribution < 1.29 is 24.1 Å². The average Bonchev–Trinajstić information content (AvgIpc) is 3.48. The zero-order valence-electron chi connectivity index (χ0n) is 19.6. The molecule has 0 saturated heterocycles. The third-order valence-corrected chi connectivity index (χ3v) is 6.44. The van der Waals surface area contributed by atoms with Gasteiger partial charge in [-0.15, -0.1) is 0 Å². The van der Waals surface area contributed by atoms with Crippen molar-refractivity contribution in [1.82, 2.24) is 10.2 Å². The predicted octanol–water partition coefficient (Wildman–Crippen LogP) is 4.39. The first-order valence-corrected chi connectivity index (χ1v) is 11.4. The summed E-state index contributed by atoms with van der Waals surface area (Å²) >= 11 is 0. The molecule has 1 aliphatic carbocycles. The molecule has 0 saturated carbocycles. The fourth-order valence-corrected chi connectivity index (χ4v) is 4.72. The Bertz CT molecular complexity index is 1380. The number of anilines is 1. The molecule has 1 aromatic heterocycles. The lowest BCUT2D eigenvalue weighted by Gasteiger charge is -2.20. The van der Waals surface area contributed by atoms with Gasteiger partial charge in [-0.2, -0.15) is 5.10 Å². The van der Waals surface area contributed by atoms with Gasteiger partial charge in [-0.3, -0.25) is 9.89 Å². The third kappa shape index (κ3) is 4.47. The maximum atomic E-state index is 11.1. The van der Waals surface area contributed by atoms with Crippen LogP contribution in [0.1, 0.15) is 23.1 Å². The summed E-state index contributed by atoms with van der Waals surface area (Å²) in [4.78, 5) is 11.1. The first-order chi connectivity index (χ1) is 16.9. The second-order valence-electron chi connectivity index (χ2n) is 8.75. The maximum absolute atomic E-state index is 11.1. The Labute approximate surface area is 202 Å². The standard InChI is InChI=1S/C27H27N3O5/c1-33-24-12-17-10-20(11-18(17)13-25(24)34-2)35-27-21(7-15(8-22(27)28)3-6-26(31)32)16-4-5-23-19(9-16)14-29-30-23/h4-5,7-9,12-14,20H,3,6,10-11,28H2,1-2H3,(H,29,30)(H,31,32). The van der Waals surface area contributed by atoms with Gasteiger partial charge in [0.2, 0.25) is 0 Å². The molecule has 0 amide bonds. The van der Waals surface area contributed by atoms with E-state index < -0.39 is 5.97 Å². The van der Waals surface area contributed by atoms with Crippen LogP contribution in [0.15, 0.2) is 48.7 Å². The topological polar surface area (TPSA) is 120 Å². The first kappa shape index (κ1) is 22.6. The number of aromatic amines is 1. The number of nitrogens with zero attached hydrogens (tertiary/aromatic N) is 1. The number of nitrogens with one attached hydrogen (secondary N) is 1. The van der Waals surface area contributed by atoms with Crippen molar-refractivity contribution in [3.05, 3.63) is 65.4 Å². The van der Waals surface area contributed by atoms with Crippen LogP contribution in [0.25, 0.3) is 22.0 Å². The largest absolute Gasteiger partial charge is 0.493 e. The number of benzene rings is 3. The number of fused-ring (bicyclic) bond motifs is 2. The number of hydrogen-bond acceptors (Lipinski definition) is 6. The Hall–Kier alpha value is -4.20. The highest BCUT2D eigenvalue weighted by molar-refractivity contribution is 5.87. The van der Waals surface area contributed by atoms with Gasteiger partial charge in [0, 0.05) is 30.2 Å². The molecule has 35 heavy (non-hydrogen) atoms. The van der Waals surface area contributed by atoms with E-state index >= 15 is 0 Å². The van der Waals surface area contributed by atoms with Gasteiger partial charge < -0.3 is 25.1 Å². The third-order valence-electron chi connectivity index (χ3n) is 6.44. The molecule has 5 rings (SSSR count). The number of nitrogens with two attached hydrogens (primary N) is 1. The molecule has 1 aliphatic rings. The number of carboxylic acids is 1. The van der Waals surface area contributed by atoms with Crippen molar-refractivity contribution in [1.29, 1.82) is 0 Å². The number of carbonyl (C=O) groups is 1. The van der Waals surface area contributed by atoms with Gasteiger partial charge in [0.1, 0.15) is 11.9 Å². The normalized spacial score (nSPS) is 13.1. The van der Waals surface area contributed by atoms with E-state index in [1.807, 2.05) is 42.5 Å². The molecular weight excluding hydrogens is 446 g/mol. The number of methoxy groups -OCH3 is 2. The number of aliphatic carboxylic acids is 1. The summed E-state index contributed by atoms with van der Waals surface area (Å²) in [6.45, 7) is 0. The number of hydrogen-bond donors (Lipinski definition) is 3. The van der Waals surface area contributed by atoms with Crippen molar-refractivity contribution in [2.75, 3.05) is 20.0 Å². The fourth-order valence-electron chi connectivity index (χ4n) is 4.72. The molecule has 0 fully saturated rings. The molecule has 1 heterocycles. The maximum Gasteiger partial charge on any atom is 0.303 e. The summed E-state index contributed by atoms with van der Waals surface area (Å²) in [6, 6.07) is 13.8. The average molecular weight is 474 g/mol. The minimum absolute atomic E-state index is 0.0292. The van der Waals surface area contributed by atoms with Crippen LogP contribution in [0, 0.1) is 0 Å². The van der Waals surface area contributed by atoms with E-state index in [4.69, 9.17) is 25.1 Å². The highest BCUT2D eigenvalue weighted by Gasteiger charge is 2.27. The van der Waals surface area contributed by atoms with Gasteiger partial charge >= 0.3 is 5.97 Å². The van der Waals surface area contributed by atoms with Gasteiger partial charge in [0.15, 0.2) is 11.5 Å². The molecule has 0 unspecified atom stereocenters. The second-order valence-corrected chi connectivity index (χ2v) is 8.75. The van der Waals surface area contributed by atoms with Crippen LogP contribution in [0.3, 0.4) is 0 Å². The van der Waals surface area contributed by atoms with E-state index in [2.05, 4.69) is 10.2 Å².